The van der Waals surface area contributed by atoms with Gasteiger partial charge in [-0.1, -0.05) is 30.3 Å². The van der Waals surface area contributed by atoms with E-state index in [2.05, 4.69) is 27.6 Å². The zero-order valence-electron chi connectivity index (χ0n) is 7.44. The van der Waals surface area contributed by atoms with Gasteiger partial charge < -0.3 is 5.73 Å². The minimum absolute atomic E-state index is 0.725. The lowest BCUT2D eigenvalue weighted by Gasteiger charge is -2.06. The number of hydrogen-bond donors (Lipinski definition) is 1. The van der Waals surface area contributed by atoms with Gasteiger partial charge in [-0.25, -0.2) is 0 Å². The van der Waals surface area contributed by atoms with Crippen LogP contribution >= 0.6 is 22.6 Å². The first-order valence-electron chi connectivity index (χ1n) is 4.23. The molecule has 0 radical (unpaired) electrons. The van der Waals surface area contributed by atoms with E-state index in [1.165, 1.54) is 0 Å². The molecule has 2 rings (SSSR count). The van der Waals surface area contributed by atoms with Gasteiger partial charge >= 0.3 is 0 Å². The molecule has 1 heterocycles. The molecule has 0 aliphatic rings. The van der Waals surface area contributed by atoms with E-state index in [4.69, 9.17) is 5.73 Å². The number of nitrogen functional groups attached to an aromatic ring is 1. The molecule has 0 aliphatic carbocycles. The summed E-state index contributed by atoms with van der Waals surface area (Å²) in [5, 5.41) is 0. The Balaban J connectivity index is 2.63. The molecular weight excluding hydrogens is 287 g/mol. The molecule has 0 aliphatic heterocycles. The Hall–Kier alpha value is -1.10. The molecule has 70 valence electrons. The van der Waals surface area contributed by atoms with Gasteiger partial charge in [0.25, 0.3) is 0 Å². The predicted octanol–water partition coefficient (Wildman–Crippen LogP) is 2.94. The van der Waals surface area contributed by atoms with Crippen LogP contribution < -0.4 is 5.73 Å². The summed E-state index contributed by atoms with van der Waals surface area (Å²) < 4.78 is 1.08. The summed E-state index contributed by atoms with van der Waals surface area (Å²) in [5.41, 5.74) is 8.82. The Kier molecular flexibility index (Phi) is 2.67. The minimum Gasteiger partial charge on any atom is -0.397 e. The molecule has 2 N–H and O–H groups in total. The number of benzene rings is 1. The Morgan fingerprint density at radius 2 is 1.79 bits per heavy atom. The molecule has 1 aromatic carbocycles. The fourth-order valence-electron chi connectivity index (χ4n) is 1.36. The SMILES string of the molecule is Nc1cncc(I)c1-c1ccccc1. The van der Waals surface area contributed by atoms with E-state index in [9.17, 15) is 0 Å². The van der Waals surface area contributed by atoms with Crippen LogP contribution in [-0.4, -0.2) is 4.98 Å². The molecule has 0 fully saturated rings. The second-order valence-corrected chi connectivity index (χ2v) is 4.11. The number of nitrogens with two attached hydrogens (primary N) is 1. The first-order chi connectivity index (χ1) is 6.79. The van der Waals surface area contributed by atoms with Crippen LogP contribution in [0.4, 0.5) is 5.69 Å². The van der Waals surface area contributed by atoms with Crippen LogP contribution in [-0.2, 0) is 0 Å². The molecule has 0 bridgehead atoms. The lowest BCUT2D eigenvalue weighted by atomic mass is 10.1. The molecule has 2 aromatic rings. The van der Waals surface area contributed by atoms with Gasteiger partial charge in [-0.15, -0.1) is 0 Å². The standard InChI is InChI=1S/C11H9IN2/c12-9-6-14-7-10(13)11(9)8-4-2-1-3-5-8/h1-7H,13H2. The highest BCUT2D eigenvalue weighted by molar-refractivity contribution is 14.1. The summed E-state index contributed by atoms with van der Waals surface area (Å²) in [4.78, 5) is 4.04. The number of nitrogens with zero attached hydrogens (tertiary/aromatic N) is 1. The predicted molar refractivity (Wildman–Crippen MR) is 66.8 cm³/mol. The second-order valence-electron chi connectivity index (χ2n) is 2.95. The van der Waals surface area contributed by atoms with Crippen molar-refractivity contribution >= 4 is 28.3 Å². The first-order valence-corrected chi connectivity index (χ1v) is 5.31. The third-order valence-electron chi connectivity index (χ3n) is 1.99. The van der Waals surface area contributed by atoms with Crippen LogP contribution in [0.15, 0.2) is 42.7 Å². The van der Waals surface area contributed by atoms with Crippen molar-refractivity contribution in [3.05, 3.63) is 46.3 Å². The van der Waals surface area contributed by atoms with Crippen LogP contribution in [0.2, 0.25) is 0 Å². The fourth-order valence-corrected chi connectivity index (χ4v) is 2.14. The third kappa shape index (κ3) is 1.72. The summed E-state index contributed by atoms with van der Waals surface area (Å²) in [6.07, 6.45) is 3.50. The van der Waals surface area contributed by atoms with Gasteiger partial charge in [-0.2, -0.15) is 0 Å². The molecule has 14 heavy (non-hydrogen) atoms. The maximum Gasteiger partial charge on any atom is 0.0591 e. The summed E-state index contributed by atoms with van der Waals surface area (Å²) in [5.74, 6) is 0. The maximum atomic E-state index is 5.89. The van der Waals surface area contributed by atoms with Crippen molar-refractivity contribution in [1.82, 2.24) is 4.98 Å². The lowest BCUT2D eigenvalue weighted by Crippen LogP contribution is -1.93. The number of hydrogen-bond acceptors (Lipinski definition) is 2. The van der Waals surface area contributed by atoms with E-state index < -0.39 is 0 Å². The highest BCUT2D eigenvalue weighted by atomic mass is 127. The average Bonchev–Trinajstić information content (AvgIpc) is 2.19. The van der Waals surface area contributed by atoms with Crippen LogP contribution in [0.5, 0.6) is 0 Å². The Bertz CT molecular complexity index is 420. The van der Waals surface area contributed by atoms with Crippen molar-refractivity contribution in [3.8, 4) is 11.1 Å². The highest BCUT2D eigenvalue weighted by Gasteiger charge is 2.06. The van der Waals surface area contributed by atoms with Crippen LogP contribution in [0, 0.1) is 3.57 Å². The van der Waals surface area contributed by atoms with Gasteiger partial charge in [0.05, 0.1) is 11.9 Å². The molecule has 2 nitrogen and oxygen atoms in total. The molecule has 0 saturated heterocycles. The van der Waals surface area contributed by atoms with E-state index in [0.717, 1.165) is 20.4 Å². The zero-order chi connectivity index (χ0) is 9.97. The third-order valence-corrected chi connectivity index (χ3v) is 2.81. The van der Waals surface area contributed by atoms with Crippen molar-refractivity contribution in [2.75, 3.05) is 5.73 Å². The number of anilines is 1. The van der Waals surface area contributed by atoms with Gasteiger partial charge in [0.1, 0.15) is 0 Å². The smallest absolute Gasteiger partial charge is 0.0591 e. The molecule has 1 aromatic heterocycles. The number of aromatic nitrogens is 1. The van der Waals surface area contributed by atoms with Crippen molar-refractivity contribution in [3.63, 3.8) is 0 Å². The van der Waals surface area contributed by atoms with E-state index in [-0.39, 0.29) is 0 Å². The number of rotatable bonds is 1. The average molecular weight is 296 g/mol. The molecule has 0 amide bonds. The van der Waals surface area contributed by atoms with Crippen LogP contribution in [0.3, 0.4) is 0 Å². The minimum atomic E-state index is 0.725. The Morgan fingerprint density at radius 1 is 1.07 bits per heavy atom. The van der Waals surface area contributed by atoms with Crippen LogP contribution in [0.1, 0.15) is 0 Å². The van der Waals surface area contributed by atoms with E-state index in [1.807, 2.05) is 36.5 Å². The fraction of sp³-hybridized carbons (Fsp3) is 0. The van der Waals surface area contributed by atoms with Crippen molar-refractivity contribution < 1.29 is 0 Å². The summed E-state index contributed by atoms with van der Waals surface area (Å²) >= 11 is 2.25. The molecule has 0 atom stereocenters. The van der Waals surface area contributed by atoms with Gasteiger partial charge in [0, 0.05) is 15.3 Å². The van der Waals surface area contributed by atoms with Crippen molar-refractivity contribution in [1.29, 1.82) is 0 Å². The van der Waals surface area contributed by atoms with E-state index >= 15 is 0 Å². The van der Waals surface area contributed by atoms with Crippen molar-refractivity contribution in [2.24, 2.45) is 0 Å². The summed E-state index contributed by atoms with van der Waals surface area (Å²) in [6, 6.07) is 10.1. The van der Waals surface area contributed by atoms with E-state index in [0.29, 0.717) is 0 Å². The monoisotopic (exact) mass is 296 g/mol. The van der Waals surface area contributed by atoms with Gasteiger partial charge in [0.2, 0.25) is 0 Å². The van der Waals surface area contributed by atoms with Crippen LogP contribution in [0.25, 0.3) is 11.1 Å². The number of halogens is 1. The Morgan fingerprint density at radius 3 is 2.43 bits per heavy atom. The number of pyridine rings is 1. The maximum absolute atomic E-state index is 5.89. The molecule has 0 spiro atoms. The second kappa shape index (κ2) is 3.96. The summed E-state index contributed by atoms with van der Waals surface area (Å²) in [7, 11) is 0. The largest absolute Gasteiger partial charge is 0.397 e. The molecule has 3 heteroatoms. The zero-order valence-corrected chi connectivity index (χ0v) is 9.60. The van der Waals surface area contributed by atoms with Gasteiger partial charge in [-0.05, 0) is 28.2 Å². The first kappa shape index (κ1) is 9.45. The summed E-state index contributed by atoms with van der Waals surface area (Å²) in [6.45, 7) is 0. The molecule has 0 saturated carbocycles. The van der Waals surface area contributed by atoms with Gasteiger partial charge in [0.15, 0.2) is 0 Å². The normalized spacial score (nSPS) is 10.1. The van der Waals surface area contributed by atoms with E-state index in [1.54, 1.807) is 6.20 Å². The molecular formula is C11H9IN2. The highest BCUT2D eigenvalue weighted by Crippen LogP contribution is 2.29. The lowest BCUT2D eigenvalue weighted by molar-refractivity contribution is 1.31. The topological polar surface area (TPSA) is 38.9 Å². The Labute approximate surface area is 96.3 Å². The quantitative estimate of drug-likeness (QED) is 0.822. The van der Waals surface area contributed by atoms with Crippen molar-refractivity contribution in [2.45, 2.75) is 0 Å². The molecule has 0 unspecified atom stereocenters. The van der Waals surface area contributed by atoms with Gasteiger partial charge in [-0.3, -0.25) is 4.98 Å².